The number of benzene rings is 1. The topological polar surface area (TPSA) is 48.1 Å². The van der Waals surface area contributed by atoms with Crippen LogP contribution in [0.3, 0.4) is 0 Å². The number of nitrogens with zero attached hydrogens (tertiary/aromatic N) is 1. The van der Waals surface area contributed by atoms with Crippen LogP contribution < -0.4 is 10.5 Å². The lowest BCUT2D eigenvalue weighted by atomic mass is 10.1. The van der Waals surface area contributed by atoms with Crippen LogP contribution in [0.5, 0.6) is 5.75 Å². The summed E-state index contributed by atoms with van der Waals surface area (Å²) < 4.78 is 5.86. The SMILES string of the molecule is CC(C)CCCCCOc1cccc2ccc(N)nc12. The maximum absolute atomic E-state index is 5.86. The molecule has 0 fully saturated rings. The lowest BCUT2D eigenvalue weighted by Gasteiger charge is -2.09. The number of para-hydroxylation sites is 1. The first kappa shape index (κ1) is 14.6. The molecule has 0 bridgehead atoms. The number of fused-ring (bicyclic) bond motifs is 1. The van der Waals surface area contributed by atoms with Crippen LogP contribution >= 0.6 is 0 Å². The van der Waals surface area contributed by atoms with Crippen molar-refractivity contribution in [2.45, 2.75) is 39.5 Å². The first-order valence-corrected chi connectivity index (χ1v) is 7.45. The van der Waals surface area contributed by atoms with Gasteiger partial charge < -0.3 is 10.5 Å². The number of hydrogen-bond acceptors (Lipinski definition) is 3. The Morgan fingerprint density at radius 2 is 1.95 bits per heavy atom. The van der Waals surface area contributed by atoms with Crippen molar-refractivity contribution in [1.82, 2.24) is 4.98 Å². The highest BCUT2D eigenvalue weighted by atomic mass is 16.5. The van der Waals surface area contributed by atoms with Gasteiger partial charge in [-0.15, -0.1) is 0 Å². The lowest BCUT2D eigenvalue weighted by molar-refractivity contribution is 0.306. The maximum atomic E-state index is 5.86. The minimum absolute atomic E-state index is 0.533. The summed E-state index contributed by atoms with van der Waals surface area (Å²) in [4.78, 5) is 4.37. The molecule has 0 amide bonds. The van der Waals surface area contributed by atoms with Gasteiger partial charge in [-0.25, -0.2) is 4.98 Å². The molecule has 1 aromatic heterocycles. The average Bonchev–Trinajstić information content (AvgIpc) is 2.42. The molecule has 0 spiro atoms. The highest BCUT2D eigenvalue weighted by Gasteiger charge is 2.04. The van der Waals surface area contributed by atoms with E-state index >= 15 is 0 Å². The number of aromatic nitrogens is 1. The predicted octanol–water partition coefficient (Wildman–Crippen LogP) is 4.41. The van der Waals surface area contributed by atoms with Gasteiger partial charge in [-0.05, 0) is 30.5 Å². The molecule has 20 heavy (non-hydrogen) atoms. The van der Waals surface area contributed by atoms with Crippen LogP contribution in [0.15, 0.2) is 30.3 Å². The van der Waals surface area contributed by atoms with Crippen LogP contribution in [0, 0.1) is 5.92 Å². The van der Waals surface area contributed by atoms with Crippen LogP contribution in [0.1, 0.15) is 39.5 Å². The normalized spacial score (nSPS) is 11.2. The number of pyridine rings is 1. The van der Waals surface area contributed by atoms with E-state index in [2.05, 4.69) is 18.8 Å². The van der Waals surface area contributed by atoms with Crippen molar-refractivity contribution < 1.29 is 4.74 Å². The van der Waals surface area contributed by atoms with Gasteiger partial charge in [0.1, 0.15) is 17.1 Å². The van der Waals surface area contributed by atoms with E-state index in [1.807, 2.05) is 30.3 Å². The first-order valence-electron chi connectivity index (χ1n) is 7.45. The Balaban J connectivity index is 1.88. The van der Waals surface area contributed by atoms with Gasteiger partial charge in [0.2, 0.25) is 0 Å². The van der Waals surface area contributed by atoms with Crippen molar-refractivity contribution in [3.8, 4) is 5.75 Å². The van der Waals surface area contributed by atoms with Crippen LogP contribution in [0.4, 0.5) is 5.82 Å². The van der Waals surface area contributed by atoms with Crippen molar-refractivity contribution in [3.05, 3.63) is 30.3 Å². The average molecular weight is 272 g/mol. The smallest absolute Gasteiger partial charge is 0.145 e. The van der Waals surface area contributed by atoms with Crippen molar-refractivity contribution in [3.63, 3.8) is 0 Å². The minimum atomic E-state index is 0.533. The Kier molecular flexibility index (Phi) is 5.22. The Morgan fingerprint density at radius 3 is 2.75 bits per heavy atom. The van der Waals surface area contributed by atoms with Crippen molar-refractivity contribution in [1.29, 1.82) is 0 Å². The van der Waals surface area contributed by atoms with Crippen LogP contribution in [0.25, 0.3) is 10.9 Å². The summed E-state index contributed by atoms with van der Waals surface area (Å²) >= 11 is 0. The molecular formula is C17H24N2O. The Morgan fingerprint density at radius 1 is 1.10 bits per heavy atom. The zero-order valence-corrected chi connectivity index (χ0v) is 12.4. The second kappa shape index (κ2) is 7.13. The zero-order chi connectivity index (χ0) is 14.4. The molecular weight excluding hydrogens is 248 g/mol. The number of hydrogen-bond donors (Lipinski definition) is 1. The van der Waals surface area contributed by atoms with Gasteiger partial charge in [-0.1, -0.05) is 45.2 Å². The highest BCUT2D eigenvalue weighted by Crippen LogP contribution is 2.24. The van der Waals surface area contributed by atoms with E-state index in [4.69, 9.17) is 10.5 Å². The number of ether oxygens (including phenoxy) is 1. The molecule has 2 aromatic rings. The summed E-state index contributed by atoms with van der Waals surface area (Å²) in [7, 11) is 0. The van der Waals surface area contributed by atoms with Crippen LogP contribution in [-0.2, 0) is 0 Å². The molecule has 0 radical (unpaired) electrons. The number of unbranched alkanes of at least 4 members (excludes halogenated alkanes) is 2. The molecule has 2 N–H and O–H groups in total. The Labute approximate surface area is 121 Å². The number of anilines is 1. The van der Waals surface area contributed by atoms with Gasteiger partial charge in [-0.3, -0.25) is 0 Å². The van der Waals surface area contributed by atoms with Gasteiger partial charge in [0.05, 0.1) is 6.61 Å². The quantitative estimate of drug-likeness (QED) is 0.759. The fraction of sp³-hybridized carbons (Fsp3) is 0.471. The third kappa shape index (κ3) is 4.12. The van der Waals surface area contributed by atoms with Gasteiger partial charge in [-0.2, -0.15) is 0 Å². The highest BCUT2D eigenvalue weighted by molar-refractivity contribution is 5.85. The van der Waals surface area contributed by atoms with Crippen molar-refractivity contribution in [2.24, 2.45) is 5.92 Å². The van der Waals surface area contributed by atoms with Crippen molar-refractivity contribution >= 4 is 16.7 Å². The van der Waals surface area contributed by atoms with E-state index in [-0.39, 0.29) is 0 Å². The van der Waals surface area contributed by atoms with Gasteiger partial charge in [0, 0.05) is 5.39 Å². The number of nitrogens with two attached hydrogens (primary N) is 1. The van der Waals surface area contributed by atoms with E-state index in [0.717, 1.165) is 35.6 Å². The molecule has 108 valence electrons. The largest absolute Gasteiger partial charge is 0.491 e. The lowest BCUT2D eigenvalue weighted by Crippen LogP contribution is -2.00. The number of nitrogen functional groups attached to an aromatic ring is 1. The van der Waals surface area contributed by atoms with E-state index < -0.39 is 0 Å². The molecule has 3 heteroatoms. The second-order valence-electron chi connectivity index (χ2n) is 5.66. The Hall–Kier alpha value is -1.77. The zero-order valence-electron chi connectivity index (χ0n) is 12.4. The molecule has 0 aliphatic heterocycles. The number of rotatable bonds is 7. The summed E-state index contributed by atoms with van der Waals surface area (Å²) in [5.41, 5.74) is 6.60. The fourth-order valence-electron chi connectivity index (χ4n) is 2.26. The summed E-state index contributed by atoms with van der Waals surface area (Å²) in [6.45, 7) is 5.28. The van der Waals surface area contributed by atoms with E-state index in [9.17, 15) is 0 Å². The van der Waals surface area contributed by atoms with Crippen molar-refractivity contribution in [2.75, 3.05) is 12.3 Å². The molecule has 0 aliphatic carbocycles. The molecule has 0 atom stereocenters. The molecule has 0 unspecified atom stereocenters. The molecule has 1 heterocycles. The van der Waals surface area contributed by atoms with Gasteiger partial charge in [0.15, 0.2) is 0 Å². The van der Waals surface area contributed by atoms with Crippen LogP contribution in [0.2, 0.25) is 0 Å². The Bertz CT molecular complexity index is 552. The minimum Gasteiger partial charge on any atom is -0.491 e. The summed E-state index contributed by atoms with van der Waals surface area (Å²) in [6, 6.07) is 9.78. The summed E-state index contributed by atoms with van der Waals surface area (Å²) in [6.07, 6.45) is 4.89. The summed E-state index contributed by atoms with van der Waals surface area (Å²) in [5, 5.41) is 1.07. The van der Waals surface area contributed by atoms with E-state index in [0.29, 0.717) is 5.82 Å². The molecule has 1 aromatic carbocycles. The van der Waals surface area contributed by atoms with Crippen LogP contribution in [-0.4, -0.2) is 11.6 Å². The van der Waals surface area contributed by atoms with Gasteiger partial charge >= 0.3 is 0 Å². The molecule has 2 rings (SSSR count). The maximum Gasteiger partial charge on any atom is 0.145 e. The molecule has 0 aliphatic rings. The standard InChI is InChI=1S/C17H24N2O/c1-13(2)7-4-3-5-12-20-15-9-6-8-14-10-11-16(18)19-17(14)15/h6,8-11,13H,3-5,7,12H2,1-2H3,(H2,18,19). The molecule has 3 nitrogen and oxygen atoms in total. The fourth-order valence-corrected chi connectivity index (χ4v) is 2.26. The molecule has 0 saturated carbocycles. The second-order valence-corrected chi connectivity index (χ2v) is 5.66. The van der Waals surface area contributed by atoms with E-state index in [1.54, 1.807) is 0 Å². The third-order valence-corrected chi connectivity index (χ3v) is 3.39. The predicted molar refractivity (Wildman–Crippen MR) is 85.0 cm³/mol. The third-order valence-electron chi connectivity index (χ3n) is 3.39. The van der Waals surface area contributed by atoms with Gasteiger partial charge in [0.25, 0.3) is 0 Å². The summed E-state index contributed by atoms with van der Waals surface area (Å²) in [5.74, 6) is 2.16. The van der Waals surface area contributed by atoms with E-state index in [1.165, 1.54) is 19.3 Å². The first-order chi connectivity index (χ1) is 9.66. The monoisotopic (exact) mass is 272 g/mol. The molecule has 0 saturated heterocycles.